The van der Waals surface area contributed by atoms with E-state index in [4.69, 9.17) is 16.9 Å². The number of hydrogen-bond donors (Lipinski definition) is 0. The second-order valence-corrected chi connectivity index (χ2v) is 4.90. The number of carbonyl (C=O) groups excluding carboxylic acids is 1. The molecular weight excluding hydrogens is 248 g/mol. The predicted octanol–water partition coefficient (Wildman–Crippen LogP) is 2.79. The lowest BCUT2D eigenvalue weighted by Crippen LogP contribution is -2.43. The van der Waals surface area contributed by atoms with Crippen molar-refractivity contribution in [1.82, 2.24) is 4.90 Å². The first-order chi connectivity index (χ1) is 8.72. The molecule has 0 bridgehead atoms. The summed E-state index contributed by atoms with van der Waals surface area (Å²) in [6, 6.07) is 9.28. The highest BCUT2D eigenvalue weighted by Gasteiger charge is 2.26. The van der Waals surface area contributed by atoms with Crippen LogP contribution in [-0.2, 0) is 11.2 Å². The molecule has 1 aliphatic heterocycles. The van der Waals surface area contributed by atoms with Gasteiger partial charge >= 0.3 is 0 Å². The quantitative estimate of drug-likeness (QED) is 0.823. The molecule has 0 aliphatic carbocycles. The lowest BCUT2D eigenvalue weighted by Gasteiger charge is -2.31. The van der Waals surface area contributed by atoms with Gasteiger partial charge in [-0.3, -0.25) is 4.79 Å². The highest BCUT2D eigenvalue weighted by atomic mass is 35.5. The Bertz CT molecular complexity index is 481. The fourth-order valence-electron chi connectivity index (χ4n) is 2.27. The van der Waals surface area contributed by atoms with Crippen molar-refractivity contribution in [3.8, 4) is 6.07 Å². The van der Waals surface area contributed by atoms with Crippen LogP contribution in [-0.4, -0.2) is 23.4 Å². The highest BCUT2D eigenvalue weighted by Crippen LogP contribution is 2.20. The minimum absolute atomic E-state index is 0.00523. The van der Waals surface area contributed by atoms with Crippen LogP contribution < -0.4 is 0 Å². The van der Waals surface area contributed by atoms with E-state index in [0.717, 1.165) is 24.8 Å². The molecule has 1 aromatic rings. The minimum atomic E-state index is -0.270. The Morgan fingerprint density at radius 1 is 1.44 bits per heavy atom. The van der Waals surface area contributed by atoms with Crippen LogP contribution in [0.3, 0.4) is 0 Å². The number of nitrogens with zero attached hydrogens (tertiary/aromatic N) is 2. The Labute approximate surface area is 112 Å². The van der Waals surface area contributed by atoms with E-state index in [0.29, 0.717) is 11.6 Å². The highest BCUT2D eigenvalue weighted by molar-refractivity contribution is 6.31. The predicted molar refractivity (Wildman–Crippen MR) is 70.1 cm³/mol. The molecule has 1 unspecified atom stereocenters. The summed E-state index contributed by atoms with van der Waals surface area (Å²) in [6.45, 7) is 0.682. The van der Waals surface area contributed by atoms with Crippen molar-refractivity contribution in [3.63, 3.8) is 0 Å². The van der Waals surface area contributed by atoms with Gasteiger partial charge in [0.2, 0.25) is 5.91 Å². The topological polar surface area (TPSA) is 44.1 Å². The van der Waals surface area contributed by atoms with E-state index in [-0.39, 0.29) is 18.4 Å². The molecular formula is C14H15ClN2O. The zero-order chi connectivity index (χ0) is 13.0. The van der Waals surface area contributed by atoms with Crippen LogP contribution in [0.4, 0.5) is 0 Å². The first kappa shape index (κ1) is 12.9. The van der Waals surface area contributed by atoms with E-state index in [1.807, 2.05) is 18.2 Å². The minimum Gasteiger partial charge on any atom is -0.326 e. The Hall–Kier alpha value is -1.53. The Balaban J connectivity index is 2.08. The summed E-state index contributed by atoms with van der Waals surface area (Å²) in [5.41, 5.74) is 0.825. The smallest absolute Gasteiger partial charge is 0.228 e. The Morgan fingerprint density at radius 3 is 2.94 bits per heavy atom. The molecule has 0 saturated carbocycles. The molecule has 3 nitrogen and oxygen atoms in total. The van der Waals surface area contributed by atoms with Crippen molar-refractivity contribution >= 4 is 17.5 Å². The van der Waals surface area contributed by atoms with E-state index >= 15 is 0 Å². The van der Waals surface area contributed by atoms with Gasteiger partial charge in [-0.25, -0.2) is 0 Å². The number of likely N-dealkylation sites (tertiary alicyclic amines) is 1. The Morgan fingerprint density at radius 2 is 2.22 bits per heavy atom. The number of rotatable bonds is 2. The molecule has 0 spiro atoms. The fourth-order valence-corrected chi connectivity index (χ4v) is 2.47. The van der Waals surface area contributed by atoms with Crippen molar-refractivity contribution < 1.29 is 4.79 Å². The second-order valence-electron chi connectivity index (χ2n) is 4.50. The van der Waals surface area contributed by atoms with E-state index in [1.54, 1.807) is 11.0 Å². The van der Waals surface area contributed by atoms with Crippen molar-refractivity contribution in [2.24, 2.45) is 0 Å². The normalized spacial score (nSPS) is 19.3. The molecule has 1 saturated heterocycles. The molecule has 0 radical (unpaired) electrons. The number of nitriles is 1. The SMILES string of the molecule is N#CC1CCCCN1C(=O)Cc1ccccc1Cl. The molecule has 1 aliphatic rings. The summed E-state index contributed by atoms with van der Waals surface area (Å²) in [5, 5.41) is 9.67. The van der Waals surface area contributed by atoms with E-state index in [1.165, 1.54) is 0 Å². The summed E-state index contributed by atoms with van der Waals surface area (Å²) in [6.07, 6.45) is 3.06. The van der Waals surface area contributed by atoms with Crippen LogP contribution in [0.5, 0.6) is 0 Å². The van der Waals surface area contributed by atoms with Gasteiger partial charge < -0.3 is 4.90 Å². The molecule has 94 valence electrons. The number of carbonyl (C=O) groups is 1. The zero-order valence-corrected chi connectivity index (χ0v) is 10.9. The van der Waals surface area contributed by atoms with Gasteiger partial charge in [-0.05, 0) is 30.9 Å². The van der Waals surface area contributed by atoms with Crippen LogP contribution in [0, 0.1) is 11.3 Å². The summed E-state index contributed by atoms with van der Waals surface area (Å²) in [7, 11) is 0. The van der Waals surface area contributed by atoms with Crippen LogP contribution in [0.15, 0.2) is 24.3 Å². The summed E-state index contributed by atoms with van der Waals surface area (Å²) in [5.74, 6) is -0.00523. The number of amides is 1. The monoisotopic (exact) mass is 262 g/mol. The number of hydrogen-bond acceptors (Lipinski definition) is 2. The van der Waals surface area contributed by atoms with Crippen LogP contribution in [0.2, 0.25) is 5.02 Å². The molecule has 1 heterocycles. The van der Waals surface area contributed by atoms with Crippen LogP contribution in [0.1, 0.15) is 24.8 Å². The van der Waals surface area contributed by atoms with Crippen LogP contribution >= 0.6 is 11.6 Å². The molecule has 1 amide bonds. The summed E-state index contributed by atoms with van der Waals surface area (Å²) in [4.78, 5) is 13.9. The van der Waals surface area contributed by atoms with Gasteiger partial charge in [0, 0.05) is 11.6 Å². The standard InChI is InChI=1S/C14H15ClN2O/c15-13-7-2-1-5-11(13)9-14(18)17-8-4-3-6-12(17)10-16/h1-2,5,7,12H,3-4,6,8-9H2. The van der Waals surface area contributed by atoms with E-state index in [9.17, 15) is 4.79 Å². The molecule has 1 fully saturated rings. The van der Waals surface area contributed by atoms with Gasteiger partial charge in [-0.2, -0.15) is 5.26 Å². The third kappa shape index (κ3) is 2.83. The lowest BCUT2D eigenvalue weighted by molar-refractivity contribution is -0.132. The first-order valence-electron chi connectivity index (χ1n) is 6.15. The van der Waals surface area contributed by atoms with Gasteiger partial charge in [0.05, 0.1) is 12.5 Å². The molecule has 1 atom stereocenters. The number of benzene rings is 1. The molecule has 2 rings (SSSR count). The van der Waals surface area contributed by atoms with Crippen molar-refractivity contribution in [1.29, 1.82) is 5.26 Å². The molecule has 4 heteroatoms. The maximum atomic E-state index is 12.2. The van der Waals surface area contributed by atoms with E-state index < -0.39 is 0 Å². The summed E-state index contributed by atoms with van der Waals surface area (Å²) >= 11 is 6.04. The maximum Gasteiger partial charge on any atom is 0.228 e. The van der Waals surface area contributed by atoms with Gasteiger partial charge in [0.1, 0.15) is 6.04 Å². The largest absolute Gasteiger partial charge is 0.326 e. The fraction of sp³-hybridized carbons (Fsp3) is 0.429. The molecule has 0 aromatic heterocycles. The third-order valence-corrected chi connectivity index (χ3v) is 3.64. The Kier molecular flexibility index (Phi) is 4.22. The van der Waals surface area contributed by atoms with Crippen molar-refractivity contribution in [3.05, 3.63) is 34.9 Å². The second kappa shape index (κ2) is 5.88. The third-order valence-electron chi connectivity index (χ3n) is 3.27. The van der Waals surface area contributed by atoms with Crippen LogP contribution in [0.25, 0.3) is 0 Å². The van der Waals surface area contributed by atoms with Crippen molar-refractivity contribution in [2.75, 3.05) is 6.54 Å². The van der Waals surface area contributed by atoms with E-state index in [2.05, 4.69) is 6.07 Å². The van der Waals surface area contributed by atoms with Gasteiger partial charge in [0.15, 0.2) is 0 Å². The maximum absolute atomic E-state index is 12.2. The number of piperidine rings is 1. The van der Waals surface area contributed by atoms with Gasteiger partial charge in [0.25, 0.3) is 0 Å². The van der Waals surface area contributed by atoms with Gasteiger partial charge in [-0.1, -0.05) is 29.8 Å². The average Bonchev–Trinajstić information content (AvgIpc) is 2.41. The first-order valence-corrected chi connectivity index (χ1v) is 6.52. The molecule has 0 N–H and O–H groups in total. The summed E-state index contributed by atoms with van der Waals surface area (Å²) < 4.78 is 0. The molecule has 1 aromatic carbocycles. The average molecular weight is 263 g/mol. The molecule has 18 heavy (non-hydrogen) atoms. The lowest BCUT2D eigenvalue weighted by atomic mass is 10.0. The number of halogens is 1. The van der Waals surface area contributed by atoms with Crippen molar-refractivity contribution in [2.45, 2.75) is 31.7 Å². The van der Waals surface area contributed by atoms with Gasteiger partial charge in [-0.15, -0.1) is 0 Å². The zero-order valence-electron chi connectivity index (χ0n) is 10.1.